The van der Waals surface area contributed by atoms with E-state index < -0.39 is 18.1 Å². The van der Waals surface area contributed by atoms with Gasteiger partial charge in [-0.15, -0.1) is 5.10 Å². The first kappa shape index (κ1) is 22.5. The Balaban J connectivity index is 1.33. The fourth-order valence-electron chi connectivity index (χ4n) is 4.13. The zero-order chi connectivity index (χ0) is 23.9. The topological polar surface area (TPSA) is 71.3 Å². The predicted octanol–water partition coefficient (Wildman–Crippen LogP) is 3.53. The third-order valence-corrected chi connectivity index (χ3v) is 6.18. The van der Waals surface area contributed by atoms with Crippen LogP contribution >= 0.6 is 0 Å². The van der Waals surface area contributed by atoms with Crippen LogP contribution in [0.5, 0.6) is 0 Å². The molecule has 0 spiro atoms. The first-order valence-electron chi connectivity index (χ1n) is 10.8. The highest BCUT2D eigenvalue weighted by atomic mass is 19.3. The van der Waals surface area contributed by atoms with E-state index in [-0.39, 0.29) is 28.6 Å². The molecule has 0 radical (unpaired) electrons. The Morgan fingerprint density at radius 1 is 1.03 bits per heavy atom. The van der Waals surface area contributed by atoms with Gasteiger partial charge in [-0.25, -0.2) is 27.2 Å². The molecule has 5 rings (SSSR count). The van der Waals surface area contributed by atoms with Crippen LogP contribution in [0.1, 0.15) is 18.9 Å². The minimum Gasteiger partial charge on any atom is -0.377 e. The SMILES string of the molecule is CC1(N2CCN(c3cc(C(F)F)cc(Nc4ncn(-c5ccc(F)c(F)c5)n4)n3)CC2)COC1. The molecule has 0 atom stereocenters. The van der Waals surface area contributed by atoms with Crippen molar-refractivity contribution >= 4 is 17.6 Å². The maximum absolute atomic E-state index is 13.6. The zero-order valence-corrected chi connectivity index (χ0v) is 18.4. The molecular formula is C22H23F4N7O. The summed E-state index contributed by atoms with van der Waals surface area (Å²) in [5.41, 5.74) is 0.127. The number of hydrogen-bond acceptors (Lipinski definition) is 7. The lowest BCUT2D eigenvalue weighted by Gasteiger charge is -2.50. The van der Waals surface area contributed by atoms with E-state index in [0.717, 1.165) is 25.2 Å². The van der Waals surface area contributed by atoms with Crippen molar-refractivity contribution in [1.82, 2.24) is 24.6 Å². The minimum atomic E-state index is -2.68. The number of nitrogens with zero attached hydrogens (tertiary/aromatic N) is 6. The summed E-state index contributed by atoms with van der Waals surface area (Å²) in [4.78, 5) is 12.9. The third-order valence-electron chi connectivity index (χ3n) is 6.18. The van der Waals surface area contributed by atoms with E-state index in [4.69, 9.17) is 4.74 Å². The largest absolute Gasteiger partial charge is 0.377 e. The average Bonchev–Trinajstić information content (AvgIpc) is 3.27. The molecule has 2 saturated heterocycles. The molecule has 1 N–H and O–H groups in total. The van der Waals surface area contributed by atoms with Crippen LogP contribution in [0.3, 0.4) is 0 Å². The molecule has 2 aromatic heterocycles. The second-order valence-electron chi connectivity index (χ2n) is 8.64. The normalized spacial score (nSPS) is 18.2. The van der Waals surface area contributed by atoms with Gasteiger partial charge in [0.1, 0.15) is 18.0 Å². The van der Waals surface area contributed by atoms with Crippen molar-refractivity contribution in [2.45, 2.75) is 18.9 Å². The number of ether oxygens (including phenoxy) is 1. The second kappa shape index (κ2) is 8.84. The van der Waals surface area contributed by atoms with Crippen LogP contribution in [0.15, 0.2) is 36.7 Å². The number of rotatable bonds is 6. The van der Waals surface area contributed by atoms with Crippen molar-refractivity contribution in [3.63, 3.8) is 0 Å². The molecule has 180 valence electrons. The molecule has 8 nitrogen and oxygen atoms in total. The highest BCUT2D eigenvalue weighted by Gasteiger charge is 2.40. The monoisotopic (exact) mass is 477 g/mol. The number of halogens is 4. The number of pyridine rings is 1. The molecule has 0 unspecified atom stereocenters. The van der Waals surface area contributed by atoms with Gasteiger partial charge in [0.2, 0.25) is 5.95 Å². The van der Waals surface area contributed by atoms with Crippen LogP contribution in [0.4, 0.5) is 35.1 Å². The van der Waals surface area contributed by atoms with Gasteiger partial charge in [-0.05, 0) is 31.2 Å². The quantitative estimate of drug-likeness (QED) is 0.545. The third kappa shape index (κ3) is 4.42. The van der Waals surface area contributed by atoms with E-state index >= 15 is 0 Å². The number of piperazine rings is 1. The summed E-state index contributed by atoms with van der Waals surface area (Å²) in [6, 6.07) is 5.96. The summed E-state index contributed by atoms with van der Waals surface area (Å²) >= 11 is 0. The predicted molar refractivity (Wildman–Crippen MR) is 117 cm³/mol. The maximum atomic E-state index is 13.6. The number of hydrogen-bond donors (Lipinski definition) is 1. The van der Waals surface area contributed by atoms with E-state index in [1.807, 2.05) is 4.90 Å². The smallest absolute Gasteiger partial charge is 0.264 e. The van der Waals surface area contributed by atoms with Crippen molar-refractivity contribution in [2.75, 3.05) is 49.6 Å². The second-order valence-corrected chi connectivity index (χ2v) is 8.64. The van der Waals surface area contributed by atoms with Gasteiger partial charge in [-0.2, -0.15) is 4.98 Å². The Labute approximate surface area is 193 Å². The average molecular weight is 477 g/mol. The molecule has 2 aliphatic heterocycles. The first-order chi connectivity index (χ1) is 16.3. The molecule has 0 bridgehead atoms. The number of nitrogens with one attached hydrogen (secondary N) is 1. The summed E-state index contributed by atoms with van der Waals surface area (Å²) in [6.45, 7) is 6.42. The highest BCUT2D eigenvalue weighted by Crippen LogP contribution is 2.30. The lowest BCUT2D eigenvalue weighted by molar-refractivity contribution is -0.131. The van der Waals surface area contributed by atoms with Gasteiger partial charge in [-0.1, -0.05) is 0 Å². The van der Waals surface area contributed by atoms with Gasteiger partial charge in [0.25, 0.3) is 6.43 Å². The standard InChI is InChI=1S/C22H23F4N7O/c1-22(11-34-12-22)32-6-4-31(5-7-32)19-9-14(20(25)26)8-18(28-19)29-21-27-13-33(30-21)15-2-3-16(23)17(24)10-15/h2-3,8-10,13,20H,4-7,11-12H2,1H3,(H,28,29,30). The molecule has 3 aromatic rings. The number of anilines is 3. The van der Waals surface area contributed by atoms with Gasteiger partial charge < -0.3 is 15.0 Å². The molecular weight excluding hydrogens is 454 g/mol. The Morgan fingerprint density at radius 3 is 2.44 bits per heavy atom. The summed E-state index contributed by atoms with van der Waals surface area (Å²) in [7, 11) is 0. The number of alkyl halides is 2. The Kier molecular flexibility index (Phi) is 5.86. The van der Waals surface area contributed by atoms with Crippen molar-refractivity contribution in [3.05, 3.63) is 53.9 Å². The van der Waals surface area contributed by atoms with Crippen LogP contribution in [0.25, 0.3) is 5.69 Å². The van der Waals surface area contributed by atoms with Crippen molar-refractivity contribution in [3.8, 4) is 5.69 Å². The van der Waals surface area contributed by atoms with E-state index in [1.165, 1.54) is 29.2 Å². The lowest BCUT2D eigenvalue weighted by atomic mass is 9.97. The van der Waals surface area contributed by atoms with Crippen molar-refractivity contribution < 1.29 is 22.3 Å². The maximum Gasteiger partial charge on any atom is 0.264 e. The van der Waals surface area contributed by atoms with Gasteiger partial charge in [0.15, 0.2) is 11.6 Å². The van der Waals surface area contributed by atoms with Crippen molar-refractivity contribution in [2.24, 2.45) is 0 Å². The van der Waals surface area contributed by atoms with Crippen LogP contribution in [0, 0.1) is 11.6 Å². The van der Waals surface area contributed by atoms with E-state index in [2.05, 4.69) is 32.2 Å². The first-order valence-corrected chi connectivity index (χ1v) is 10.8. The van der Waals surface area contributed by atoms with Crippen LogP contribution in [-0.2, 0) is 4.74 Å². The summed E-state index contributed by atoms with van der Waals surface area (Å²) in [5, 5.41) is 7.00. The molecule has 2 fully saturated rings. The minimum absolute atomic E-state index is 0.0367. The molecule has 34 heavy (non-hydrogen) atoms. The Hall–Kier alpha value is -3.25. The van der Waals surface area contributed by atoms with Crippen LogP contribution in [0.2, 0.25) is 0 Å². The van der Waals surface area contributed by atoms with E-state index in [0.29, 0.717) is 32.1 Å². The van der Waals surface area contributed by atoms with Crippen LogP contribution in [-0.4, -0.2) is 69.6 Å². The summed E-state index contributed by atoms with van der Waals surface area (Å²) in [5.74, 6) is -1.30. The van der Waals surface area contributed by atoms with Crippen molar-refractivity contribution in [1.29, 1.82) is 0 Å². The zero-order valence-electron chi connectivity index (χ0n) is 18.4. The van der Waals surface area contributed by atoms with E-state index in [1.54, 1.807) is 0 Å². The molecule has 12 heteroatoms. The Bertz CT molecular complexity index is 1180. The number of aromatic nitrogens is 4. The van der Waals surface area contributed by atoms with Gasteiger partial charge in [0, 0.05) is 37.8 Å². The molecule has 0 saturated carbocycles. The Morgan fingerprint density at radius 2 is 1.79 bits per heavy atom. The fourth-order valence-corrected chi connectivity index (χ4v) is 4.13. The van der Waals surface area contributed by atoms with E-state index in [9.17, 15) is 17.6 Å². The van der Waals surface area contributed by atoms with Gasteiger partial charge >= 0.3 is 0 Å². The molecule has 2 aliphatic rings. The van der Waals surface area contributed by atoms with Crippen LogP contribution < -0.4 is 10.2 Å². The molecule has 0 amide bonds. The van der Waals surface area contributed by atoms with Gasteiger partial charge in [-0.3, -0.25) is 4.90 Å². The highest BCUT2D eigenvalue weighted by molar-refractivity contribution is 5.56. The number of benzene rings is 1. The summed E-state index contributed by atoms with van der Waals surface area (Å²) < 4.78 is 60.5. The fraction of sp³-hybridized carbons (Fsp3) is 0.409. The summed E-state index contributed by atoms with van der Waals surface area (Å²) in [6.07, 6.45) is -1.38. The molecule has 4 heterocycles. The lowest BCUT2D eigenvalue weighted by Crippen LogP contribution is -2.64. The molecule has 1 aromatic carbocycles. The molecule has 0 aliphatic carbocycles. The van der Waals surface area contributed by atoms with Gasteiger partial charge in [0.05, 0.1) is 24.4 Å².